The predicted molar refractivity (Wildman–Crippen MR) is 69.5 cm³/mol. The molecule has 0 aliphatic heterocycles. The van der Waals surface area contributed by atoms with E-state index in [0.29, 0.717) is 6.04 Å². The highest BCUT2D eigenvalue weighted by Gasteiger charge is 2.11. The Morgan fingerprint density at radius 2 is 2.33 bits per heavy atom. The standard InChI is InChI=1S/C11H18BrNOS/c1-3-13-9(5-4-8-14-2)10-6-7-11(12)15-10/h6-7,9,13H,3-5,8H2,1-2H3. The highest BCUT2D eigenvalue weighted by molar-refractivity contribution is 9.11. The van der Waals surface area contributed by atoms with E-state index in [2.05, 4.69) is 40.3 Å². The highest BCUT2D eigenvalue weighted by Crippen LogP contribution is 2.29. The summed E-state index contributed by atoms with van der Waals surface area (Å²) in [5.41, 5.74) is 0. The molecule has 0 aliphatic carbocycles. The van der Waals surface area contributed by atoms with E-state index in [9.17, 15) is 0 Å². The Hall–Kier alpha value is 0.1000. The summed E-state index contributed by atoms with van der Waals surface area (Å²) in [6, 6.07) is 4.77. The van der Waals surface area contributed by atoms with Crippen LogP contribution in [-0.2, 0) is 4.74 Å². The molecule has 0 fully saturated rings. The molecule has 0 saturated carbocycles. The SMILES string of the molecule is CCNC(CCCOC)c1ccc(Br)s1. The van der Waals surface area contributed by atoms with Crippen LogP contribution in [0.2, 0.25) is 0 Å². The van der Waals surface area contributed by atoms with Crippen LogP contribution < -0.4 is 5.32 Å². The van der Waals surface area contributed by atoms with Gasteiger partial charge in [0.05, 0.1) is 3.79 Å². The molecule has 1 heterocycles. The molecule has 0 aliphatic rings. The molecule has 0 radical (unpaired) electrons. The van der Waals surface area contributed by atoms with Gasteiger partial charge in [-0.2, -0.15) is 0 Å². The van der Waals surface area contributed by atoms with Crippen molar-refractivity contribution >= 4 is 27.3 Å². The smallest absolute Gasteiger partial charge is 0.0701 e. The van der Waals surface area contributed by atoms with Crippen LogP contribution in [0.1, 0.15) is 30.7 Å². The Kier molecular flexibility index (Phi) is 6.48. The zero-order chi connectivity index (χ0) is 11.1. The number of hydrogen-bond donors (Lipinski definition) is 1. The summed E-state index contributed by atoms with van der Waals surface area (Å²) in [6.45, 7) is 3.99. The summed E-state index contributed by atoms with van der Waals surface area (Å²) < 4.78 is 6.28. The number of ether oxygens (including phenoxy) is 1. The van der Waals surface area contributed by atoms with Gasteiger partial charge in [-0.3, -0.25) is 0 Å². The van der Waals surface area contributed by atoms with Gasteiger partial charge in [0.25, 0.3) is 0 Å². The molecule has 0 aromatic carbocycles. The molecule has 1 aromatic rings. The Morgan fingerprint density at radius 1 is 1.53 bits per heavy atom. The first-order chi connectivity index (χ1) is 7.27. The van der Waals surface area contributed by atoms with Crippen molar-refractivity contribution in [2.45, 2.75) is 25.8 Å². The maximum absolute atomic E-state index is 5.08. The average Bonchev–Trinajstić information content (AvgIpc) is 2.64. The summed E-state index contributed by atoms with van der Waals surface area (Å²) in [5, 5.41) is 3.51. The largest absolute Gasteiger partial charge is 0.385 e. The van der Waals surface area contributed by atoms with Crippen molar-refractivity contribution in [3.63, 3.8) is 0 Å². The number of rotatable bonds is 7. The number of halogens is 1. The number of nitrogens with one attached hydrogen (secondary N) is 1. The molecule has 1 aromatic heterocycles. The first kappa shape index (κ1) is 13.2. The van der Waals surface area contributed by atoms with Gasteiger partial charge in [-0.15, -0.1) is 11.3 Å². The fraction of sp³-hybridized carbons (Fsp3) is 0.636. The Bertz CT molecular complexity index is 277. The van der Waals surface area contributed by atoms with E-state index in [1.807, 2.05) is 11.3 Å². The van der Waals surface area contributed by atoms with Crippen molar-refractivity contribution in [3.05, 3.63) is 20.8 Å². The lowest BCUT2D eigenvalue weighted by molar-refractivity contribution is 0.189. The number of hydrogen-bond acceptors (Lipinski definition) is 3. The molecule has 2 nitrogen and oxygen atoms in total. The van der Waals surface area contributed by atoms with Gasteiger partial charge in [0.15, 0.2) is 0 Å². The van der Waals surface area contributed by atoms with Crippen LogP contribution >= 0.6 is 27.3 Å². The molecule has 4 heteroatoms. The maximum Gasteiger partial charge on any atom is 0.0701 e. The second-order valence-corrected chi connectivity index (χ2v) is 5.88. The maximum atomic E-state index is 5.08. The molecule has 86 valence electrons. The van der Waals surface area contributed by atoms with Gasteiger partial charge in [-0.25, -0.2) is 0 Å². The summed E-state index contributed by atoms with van der Waals surface area (Å²) in [6.07, 6.45) is 2.23. The molecule has 0 bridgehead atoms. The summed E-state index contributed by atoms with van der Waals surface area (Å²) in [5.74, 6) is 0. The highest BCUT2D eigenvalue weighted by atomic mass is 79.9. The Balaban J connectivity index is 2.49. The first-order valence-electron chi connectivity index (χ1n) is 5.25. The molecule has 1 unspecified atom stereocenters. The van der Waals surface area contributed by atoms with Crippen molar-refractivity contribution in [2.24, 2.45) is 0 Å². The minimum atomic E-state index is 0.474. The van der Waals surface area contributed by atoms with Gasteiger partial charge in [-0.1, -0.05) is 6.92 Å². The molecule has 1 atom stereocenters. The monoisotopic (exact) mass is 291 g/mol. The van der Waals surface area contributed by atoms with Gasteiger partial charge >= 0.3 is 0 Å². The van der Waals surface area contributed by atoms with E-state index in [4.69, 9.17) is 4.74 Å². The summed E-state index contributed by atoms with van der Waals surface area (Å²) in [4.78, 5) is 1.40. The normalized spacial score (nSPS) is 13.0. The van der Waals surface area contributed by atoms with Gasteiger partial charge in [0.1, 0.15) is 0 Å². The third-order valence-electron chi connectivity index (χ3n) is 2.23. The molecule has 1 N–H and O–H groups in total. The fourth-order valence-corrected chi connectivity index (χ4v) is 3.07. The average molecular weight is 292 g/mol. The summed E-state index contributed by atoms with van der Waals surface area (Å²) >= 11 is 5.31. The van der Waals surface area contributed by atoms with Crippen LogP contribution in [-0.4, -0.2) is 20.3 Å². The molecule has 15 heavy (non-hydrogen) atoms. The topological polar surface area (TPSA) is 21.3 Å². The van der Waals surface area contributed by atoms with Crippen molar-refractivity contribution in [1.29, 1.82) is 0 Å². The zero-order valence-corrected chi connectivity index (χ0v) is 11.7. The Labute approximate surface area is 104 Å². The summed E-state index contributed by atoms with van der Waals surface area (Å²) in [7, 11) is 1.75. The van der Waals surface area contributed by atoms with Gasteiger partial charge in [0, 0.05) is 24.6 Å². The van der Waals surface area contributed by atoms with E-state index in [1.165, 1.54) is 8.66 Å². The second-order valence-electron chi connectivity index (χ2n) is 3.39. The van der Waals surface area contributed by atoms with Crippen LogP contribution in [0.25, 0.3) is 0 Å². The molecule has 0 amide bonds. The van der Waals surface area contributed by atoms with Crippen molar-refractivity contribution < 1.29 is 4.74 Å². The number of methoxy groups -OCH3 is 1. The van der Waals surface area contributed by atoms with E-state index in [1.54, 1.807) is 7.11 Å². The fourth-order valence-electron chi connectivity index (χ4n) is 1.54. The van der Waals surface area contributed by atoms with Crippen molar-refractivity contribution in [2.75, 3.05) is 20.3 Å². The first-order valence-corrected chi connectivity index (χ1v) is 6.86. The minimum absolute atomic E-state index is 0.474. The van der Waals surface area contributed by atoms with Gasteiger partial charge in [-0.05, 0) is 47.4 Å². The van der Waals surface area contributed by atoms with Crippen molar-refractivity contribution in [1.82, 2.24) is 5.32 Å². The second kappa shape index (κ2) is 7.39. The predicted octanol–water partition coefficient (Wildman–Crippen LogP) is 3.59. The lowest BCUT2D eigenvalue weighted by atomic mass is 10.1. The van der Waals surface area contributed by atoms with E-state index in [-0.39, 0.29) is 0 Å². The minimum Gasteiger partial charge on any atom is -0.385 e. The van der Waals surface area contributed by atoms with Crippen molar-refractivity contribution in [3.8, 4) is 0 Å². The lowest BCUT2D eigenvalue weighted by Gasteiger charge is -2.15. The van der Waals surface area contributed by atoms with Crippen LogP contribution in [0, 0.1) is 0 Å². The van der Waals surface area contributed by atoms with Crippen LogP contribution in [0.4, 0.5) is 0 Å². The van der Waals surface area contributed by atoms with Crippen LogP contribution in [0.3, 0.4) is 0 Å². The number of thiophene rings is 1. The zero-order valence-electron chi connectivity index (χ0n) is 9.25. The lowest BCUT2D eigenvalue weighted by Crippen LogP contribution is -2.20. The van der Waals surface area contributed by atoms with E-state index < -0.39 is 0 Å². The molecule has 1 rings (SSSR count). The molecule has 0 saturated heterocycles. The molecular formula is C11H18BrNOS. The van der Waals surface area contributed by atoms with Gasteiger partial charge in [0.2, 0.25) is 0 Å². The third kappa shape index (κ3) is 4.64. The third-order valence-corrected chi connectivity index (χ3v) is 3.97. The van der Waals surface area contributed by atoms with Crippen LogP contribution in [0.15, 0.2) is 15.9 Å². The van der Waals surface area contributed by atoms with E-state index >= 15 is 0 Å². The molecular weight excluding hydrogens is 274 g/mol. The Morgan fingerprint density at radius 3 is 2.87 bits per heavy atom. The quantitative estimate of drug-likeness (QED) is 0.775. The molecule has 0 spiro atoms. The van der Waals surface area contributed by atoms with E-state index in [0.717, 1.165) is 26.0 Å². The van der Waals surface area contributed by atoms with Gasteiger partial charge < -0.3 is 10.1 Å². The van der Waals surface area contributed by atoms with Crippen LogP contribution in [0.5, 0.6) is 0 Å².